The Kier molecular flexibility index (Phi) is 4.53. The number of nitro groups is 1. The standard InChI is InChI=1S/C19H15NO6/c1-3-12-9-15-11(2)8-18(21)25-17(15)10-16(12)26-19(22)13-4-6-14(7-5-13)20(23)24/h4-10H,3H2,1-2H3. The SMILES string of the molecule is CCc1cc2c(C)cc(=O)oc2cc1OC(=O)c1ccc([N+](=O)[O-])cc1. The summed E-state index contributed by atoms with van der Waals surface area (Å²) in [4.78, 5) is 34.1. The third-order valence-corrected chi connectivity index (χ3v) is 4.03. The number of nitrogens with zero attached hydrogens (tertiary/aromatic N) is 1. The van der Waals surface area contributed by atoms with Crippen molar-refractivity contribution in [1.29, 1.82) is 0 Å². The lowest BCUT2D eigenvalue weighted by atomic mass is 10.1. The minimum atomic E-state index is -0.649. The van der Waals surface area contributed by atoms with Crippen LogP contribution in [0.4, 0.5) is 5.69 Å². The van der Waals surface area contributed by atoms with Crippen molar-refractivity contribution in [3.05, 3.63) is 79.7 Å². The van der Waals surface area contributed by atoms with Gasteiger partial charge in [0.25, 0.3) is 5.69 Å². The van der Waals surface area contributed by atoms with E-state index in [4.69, 9.17) is 9.15 Å². The zero-order chi connectivity index (χ0) is 18.8. The van der Waals surface area contributed by atoms with Crippen LogP contribution in [-0.2, 0) is 6.42 Å². The lowest BCUT2D eigenvalue weighted by molar-refractivity contribution is -0.384. The van der Waals surface area contributed by atoms with Gasteiger partial charge in [0.2, 0.25) is 0 Å². The molecule has 3 rings (SSSR count). The van der Waals surface area contributed by atoms with E-state index in [-0.39, 0.29) is 17.0 Å². The Morgan fingerprint density at radius 2 is 1.88 bits per heavy atom. The Hall–Kier alpha value is -3.48. The Labute approximate surface area is 148 Å². The van der Waals surface area contributed by atoms with Crippen LogP contribution >= 0.6 is 0 Å². The molecule has 0 saturated carbocycles. The molecule has 0 aliphatic heterocycles. The molecule has 26 heavy (non-hydrogen) atoms. The number of non-ortho nitro benzene ring substituents is 1. The molecule has 0 saturated heterocycles. The topological polar surface area (TPSA) is 99.7 Å². The van der Waals surface area contributed by atoms with Gasteiger partial charge in [-0.15, -0.1) is 0 Å². The predicted octanol–water partition coefficient (Wildman–Crippen LogP) is 3.79. The average molecular weight is 353 g/mol. The zero-order valence-corrected chi connectivity index (χ0v) is 14.1. The van der Waals surface area contributed by atoms with E-state index in [2.05, 4.69) is 0 Å². The van der Waals surface area contributed by atoms with Gasteiger partial charge in [-0.25, -0.2) is 9.59 Å². The number of carbonyl (C=O) groups excluding carboxylic acids is 1. The number of carbonyl (C=O) groups is 1. The van der Waals surface area contributed by atoms with Gasteiger partial charge in [0, 0.05) is 29.7 Å². The van der Waals surface area contributed by atoms with Crippen LogP contribution < -0.4 is 10.4 Å². The lowest BCUT2D eigenvalue weighted by Crippen LogP contribution is -2.10. The van der Waals surface area contributed by atoms with E-state index in [1.54, 1.807) is 6.92 Å². The first-order valence-corrected chi connectivity index (χ1v) is 7.93. The highest BCUT2D eigenvalue weighted by Crippen LogP contribution is 2.28. The third kappa shape index (κ3) is 3.32. The molecule has 0 bridgehead atoms. The smallest absolute Gasteiger partial charge is 0.343 e. The molecule has 2 aromatic carbocycles. The number of benzene rings is 2. The van der Waals surface area contributed by atoms with Crippen molar-refractivity contribution < 1.29 is 18.9 Å². The van der Waals surface area contributed by atoms with Crippen LogP contribution in [0.5, 0.6) is 5.75 Å². The van der Waals surface area contributed by atoms with Gasteiger partial charge in [0.1, 0.15) is 11.3 Å². The van der Waals surface area contributed by atoms with Gasteiger partial charge in [0.05, 0.1) is 10.5 Å². The molecule has 0 N–H and O–H groups in total. The molecule has 3 aromatic rings. The molecule has 0 aliphatic rings. The van der Waals surface area contributed by atoms with Crippen LogP contribution in [0.1, 0.15) is 28.4 Å². The maximum absolute atomic E-state index is 12.3. The second kappa shape index (κ2) is 6.79. The summed E-state index contributed by atoms with van der Waals surface area (Å²) in [5, 5.41) is 11.5. The van der Waals surface area contributed by atoms with Crippen molar-refractivity contribution >= 4 is 22.6 Å². The predicted molar refractivity (Wildman–Crippen MR) is 94.7 cm³/mol. The van der Waals surface area contributed by atoms with Crippen molar-refractivity contribution in [1.82, 2.24) is 0 Å². The van der Waals surface area contributed by atoms with Gasteiger partial charge in [-0.3, -0.25) is 10.1 Å². The van der Waals surface area contributed by atoms with Gasteiger partial charge in [-0.1, -0.05) is 6.92 Å². The van der Waals surface area contributed by atoms with Crippen LogP contribution in [0.15, 0.2) is 51.7 Å². The molecule has 1 heterocycles. The van der Waals surface area contributed by atoms with E-state index >= 15 is 0 Å². The first-order valence-electron chi connectivity index (χ1n) is 7.93. The highest BCUT2D eigenvalue weighted by molar-refractivity contribution is 5.92. The minimum absolute atomic E-state index is 0.112. The van der Waals surface area contributed by atoms with Gasteiger partial charge in [-0.2, -0.15) is 0 Å². The molecule has 0 fully saturated rings. The maximum atomic E-state index is 12.3. The number of ether oxygens (including phenoxy) is 1. The highest BCUT2D eigenvalue weighted by atomic mass is 16.6. The molecule has 7 nitrogen and oxygen atoms in total. The Morgan fingerprint density at radius 1 is 1.19 bits per heavy atom. The molecule has 0 aliphatic carbocycles. The fraction of sp³-hybridized carbons (Fsp3) is 0.158. The number of rotatable bonds is 4. The quantitative estimate of drug-likeness (QED) is 0.233. The van der Waals surface area contributed by atoms with Crippen LogP contribution in [-0.4, -0.2) is 10.9 Å². The molecule has 1 aromatic heterocycles. The molecule has 132 valence electrons. The molecule has 0 radical (unpaired) electrons. The van der Waals surface area contributed by atoms with Gasteiger partial charge in [-0.05, 0) is 42.7 Å². The summed E-state index contributed by atoms with van der Waals surface area (Å²) >= 11 is 0. The summed E-state index contributed by atoms with van der Waals surface area (Å²) in [7, 11) is 0. The van der Waals surface area contributed by atoms with Crippen molar-refractivity contribution in [2.45, 2.75) is 20.3 Å². The molecular weight excluding hydrogens is 338 g/mol. The van der Waals surface area contributed by atoms with Crippen LogP contribution in [0.2, 0.25) is 0 Å². The maximum Gasteiger partial charge on any atom is 0.343 e. The van der Waals surface area contributed by atoms with Crippen molar-refractivity contribution in [2.75, 3.05) is 0 Å². The van der Waals surface area contributed by atoms with Crippen LogP contribution in [0, 0.1) is 17.0 Å². The molecule has 7 heteroatoms. The number of aryl methyl sites for hydroxylation is 2. The second-order valence-electron chi connectivity index (χ2n) is 5.75. The molecule has 0 atom stereocenters. The Bertz CT molecular complexity index is 1070. The van der Waals surface area contributed by atoms with E-state index in [1.165, 1.54) is 36.4 Å². The number of hydrogen-bond donors (Lipinski definition) is 0. The van der Waals surface area contributed by atoms with Gasteiger partial charge < -0.3 is 9.15 Å². The van der Waals surface area contributed by atoms with Gasteiger partial charge >= 0.3 is 11.6 Å². The van der Waals surface area contributed by atoms with E-state index in [9.17, 15) is 19.7 Å². The van der Waals surface area contributed by atoms with E-state index < -0.39 is 16.5 Å². The summed E-state index contributed by atoms with van der Waals surface area (Å²) in [5.74, 6) is -0.360. The summed E-state index contributed by atoms with van der Waals surface area (Å²) in [5.41, 5.74) is 1.48. The second-order valence-corrected chi connectivity index (χ2v) is 5.75. The van der Waals surface area contributed by atoms with E-state index in [0.29, 0.717) is 12.0 Å². The number of esters is 1. The van der Waals surface area contributed by atoms with Crippen molar-refractivity contribution in [3.63, 3.8) is 0 Å². The highest BCUT2D eigenvalue weighted by Gasteiger charge is 2.15. The fourth-order valence-corrected chi connectivity index (χ4v) is 2.64. The monoisotopic (exact) mass is 353 g/mol. The molecular formula is C19H15NO6. The summed E-state index contributed by atoms with van der Waals surface area (Å²) < 4.78 is 10.6. The summed E-state index contributed by atoms with van der Waals surface area (Å²) in [6.45, 7) is 3.72. The van der Waals surface area contributed by atoms with Crippen molar-refractivity contribution in [2.24, 2.45) is 0 Å². The fourth-order valence-electron chi connectivity index (χ4n) is 2.64. The third-order valence-electron chi connectivity index (χ3n) is 4.03. The summed E-state index contributed by atoms with van der Waals surface area (Å²) in [6.07, 6.45) is 0.609. The molecule has 0 unspecified atom stereocenters. The van der Waals surface area contributed by atoms with E-state index in [1.807, 2.05) is 13.0 Å². The van der Waals surface area contributed by atoms with Crippen molar-refractivity contribution in [3.8, 4) is 5.75 Å². The number of hydrogen-bond acceptors (Lipinski definition) is 6. The first kappa shape index (κ1) is 17.3. The normalized spacial score (nSPS) is 10.7. The zero-order valence-electron chi connectivity index (χ0n) is 14.1. The Balaban J connectivity index is 1.97. The molecule has 0 amide bonds. The summed E-state index contributed by atoms with van der Waals surface area (Å²) in [6, 6.07) is 9.89. The average Bonchev–Trinajstić information content (AvgIpc) is 2.61. The van der Waals surface area contributed by atoms with Crippen LogP contribution in [0.3, 0.4) is 0 Å². The number of nitro benzene ring substituents is 1. The van der Waals surface area contributed by atoms with Gasteiger partial charge in [0.15, 0.2) is 0 Å². The van der Waals surface area contributed by atoms with E-state index in [0.717, 1.165) is 16.5 Å². The number of fused-ring (bicyclic) bond motifs is 1. The first-order chi connectivity index (χ1) is 12.4. The largest absolute Gasteiger partial charge is 0.423 e. The minimum Gasteiger partial charge on any atom is -0.423 e. The Morgan fingerprint density at radius 3 is 2.50 bits per heavy atom. The molecule has 0 spiro atoms. The van der Waals surface area contributed by atoms with Crippen LogP contribution in [0.25, 0.3) is 11.0 Å². The lowest BCUT2D eigenvalue weighted by Gasteiger charge is -2.11.